The number of carbonyl (C=O) groups is 1. The van der Waals surface area contributed by atoms with E-state index in [-0.39, 0.29) is 12.0 Å². The van der Waals surface area contributed by atoms with Crippen LogP contribution >= 0.6 is 0 Å². The van der Waals surface area contributed by atoms with E-state index in [0.29, 0.717) is 6.54 Å². The highest BCUT2D eigenvalue weighted by Crippen LogP contribution is 2.14. The van der Waals surface area contributed by atoms with Crippen molar-refractivity contribution in [2.45, 2.75) is 12.5 Å². The number of benzene rings is 1. The summed E-state index contributed by atoms with van der Waals surface area (Å²) in [7, 11) is 0. The maximum absolute atomic E-state index is 11.9. The van der Waals surface area contributed by atoms with Crippen molar-refractivity contribution in [2.75, 3.05) is 13.1 Å². The second-order valence-corrected chi connectivity index (χ2v) is 3.66. The minimum absolute atomic E-state index is 0.0161. The molecule has 0 radical (unpaired) electrons. The van der Waals surface area contributed by atoms with E-state index in [4.69, 9.17) is 10.7 Å². The van der Waals surface area contributed by atoms with E-state index in [0.717, 1.165) is 18.5 Å². The summed E-state index contributed by atoms with van der Waals surface area (Å²) in [5, 5.41) is 0. The summed E-state index contributed by atoms with van der Waals surface area (Å²) in [6, 6.07) is 9.25. The number of nitrogens with two attached hydrogens (primary N) is 1. The molecule has 0 aliphatic carbocycles. The molecule has 1 amide bonds. The Kier molecular flexibility index (Phi) is 2.99. The van der Waals surface area contributed by atoms with E-state index >= 15 is 0 Å². The normalized spacial score (nSPS) is 20.6. The van der Waals surface area contributed by atoms with Crippen LogP contribution in [-0.4, -0.2) is 30.0 Å². The molecule has 1 aromatic rings. The first-order chi connectivity index (χ1) is 7.31. The summed E-state index contributed by atoms with van der Waals surface area (Å²) in [5.41, 5.74) is 0.718. The number of carbonyl (C=O) groups excluding carboxylic acids is 1. The van der Waals surface area contributed by atoms with Gasteiger partial charge in [0.1, 0.15) is 0 Å². The van der Waals surface area contributed by atoms with E-state index in [1.807, 2.05) is 30.3 Å². The summed E-state index contributed by atoms with van der Waals surface area (Å²) in [4.78, 5) is 18.4. The number of rotatable bonds is 2. The van der Waals surface area contributed by atoms with Gasteiger partial charge in [-0.3, -0.25) is 9.63 Å². The fraction of sp³-hybridized carbons (Fsp3) is 0.364. The first kappa shape index (κ1) is 10.1. The average molecular weight is 206 g/mol. The number of likely N-dealkylation sites (tertiary alicyclic amines) is 1. The average Bonchev–Trinajstić information content (AvgIpc) is 2.78. The highest BCUT2D eigenvalue weighted by molar-refractivity contribution is 5.94. The van der Waals surface area contributed by atoms with Gasteiger partial charge in [0, 0.05) is 18.7 Å². The Balaban J connectivity index is 2.04. The van der Waals surface area contributed by atoms with E-state index in [2.05, 4.69) is 0 Å². The zero-order valence-electron chi connectivity index (χ0n) is 8.43. The van der Waals surface area contributed by atoms with Crippen LogP contribution in [0, 0.1) is 0 Å². The largest absolute Gasteiger partial charge is 0.336 e. The molecule has 80 valence electrons. The van der Waals surface area contributed by atoms with Gasteiger partial charge < -0.3 is 4.90 Å². The maximum Gasteiger partial charge on any atom is 0.253 e. The molecular weight excluding hydrogens is 192 g/mol. The molecule has 0 spiro atoms. The van der Waals surface area contributed by atoms with Gasteiger partial charge >= 0.3 is 0 Å². The summed E-state index contributed by atoms with van der Waals surface area (Å²) < 4.78 is 0. The summed E-state index contributed by atoms with van der Waals surface area (Å²) in [6.45, 7) is 1.31. The number of hydrogen-bond donors (Lipinski definition) is 1. The van der Waals surface area contributed by atoms with Crippen LogP contribution in [0.25, 0.3) is 0 Å². The molecule has 2 rings (SSSR count). The maximum atomic E-state index is 11.9. The molecule has 1 aliphatic rings. The third kappa shape index (κ3) is 2.16. The molecule has 1 unspecified atom stereocenters. The van der Waals surface area contributed by atoms with Crippen molar-refractivity contribution in [1.82, 2.24) is 4.90 Å². The van der Waals surface area contributed by atoms with Gasteiger partial charge in [-0.05, 0) is 18.6 Å². The van der Waals surface area contributed by atoms with Crippen molar-refractivity contribution < 1.29 is 9.63 Å². The Morgan fingerprint density at radius 2 is 2.13 bits per heavy atom. The van der Waals surface area contributed by atoms with Crippen LogP contribution in [0.5, 0.6) is 0 Å². The Morgan fingerprint density at radius 1 is 1.40 bits per heavy atom. The molecule has 0 saturated carbocycles. The van der Waals surface area contributed by atoms with Crippen molar-refractivity contribution in [3.05, 3.63) is 35.9 Å². The first-order valence-electron chi connectivity index (χ1n) is 5.01. The second-order valence-electron chi connectivity index (χ2n) is 3.66. The molecule has 1 heterocycles. The monoisotopic (exact) mass is 206 g/mol. The van der Waals surface area contributed by atoms with Crippen molar-refractivity contribution in [3.63, 3.8) is 0 Å². The first-order valence-corrected chi connectivity index (χ1v) is 5.01. The molecule has 1 atom stereocenters. The van der Waals surface area contributed by atoms with Gasteiger partial charge in [-0.2, -0.15) is 0 Å². The molecule has 2 N–H and O–H groups in total. The zero-order chi connectivity index (χ0) is 10.7. The molecule has 4 heteroatoms. The van der Waals surface area contributed by atoms with E-state index in [1.54, 1.807) is 4.90 Å². The number of nitrogens with zero attached hydrogens (tertiary/aromatic N) is 1. The summed E-state index contributed by atoms with van der Waals surface area (Å²) in [5.74, 6) is 5.15. The van der Waals surface area contributed by atoms with Gasteiger partial charge in [-0.15, -0.1) is 0 Å². The lowest BCUT2D eigenvalue weighted by Crippen LogP contribution is -2.30. The minimum atomic E-state index is -0.0161. The minimum Gasteiger partial charge on any atom is -0.336 e. The van der Waals surface area contributed by atoms with Crippen LogP contribution < -0.4 is 5.90 Å². The lowest BCUT2D eigenvalue weighted by atomic mass is 10.2. The fourth-order valence-electron chi connectivity index (χ4n) is 1.79. The van der Waals surface area contributed by atoms with Crippen LogP contribution in [0.4, 0.5) is 0 Å². The highest BCUT2D eigenvalue weighted by Gasteiger charge is 2.26. The lowest BCUT2D eigenvalue weighted by molar-refractivity contribution is 0.0537. The highest BCUT2D eigenvalue weighted by atomic mass is 16.6. The third-order valence-corrected chi connectivity index (χ3v) is 2.65. The van der Waals surface area contributed by atoms with Gasteiger partial charge in [0.05, 0.1) is 6.10 Å². The Morgan fingerprint density at radius 3 is 2.73 bits per heavy atom. The Hall–Kier alpha value is -1.39. The van der Waals surface area contributed by atoms with Gasteiger partial charge in [0.25, 0.3) is 5.91 Å². The van der Waals surface area contributed by atoms with Gasteiger partial charge in [0.15, 0.2) is 0 Å². The van der Waals surface area contributed by atoms with Crippen molar-refractivity contribution in [1.29, 1.82) is 0 Å². The topological polar surface area (TPSA) is 55.6 Å². The van der Waals surface area contributed by atoms with Crippen LogP contribution in [0.2, 0.25) is 0 Å². The molecule has 1 aliphatic heterocycles. The molecule has 0 bridgehead atoms. The van der Waals surface area contributed by atoms with Crippen molar-refractivity contribution in [3.8, 4) is 0 Å². The third-order valence-electron chi connectivity index (χ3n) is 2.65. The summed E-state index contributed by atoms with van der Waals surface area (Å²) in [6.07, 6.45) is 0.799. The smallest absolute Gasteiger partial charge is 0.253 e. The number of amides is 1. The quantitative estimate of drug-likeness (QED) is 0.728. The van der Waals surface area contributed by atoms with Gasteiger partial charge in [-0.25, -0.2) is 5.90 Å². The Labute approximate surface area is 88.6 Å². The molecule has 4 nitrogen and oxygen atoms in total. The predicted octanol–water partition coefficient (Wildman–Crippen LogP) is 0.791. The predicted molar refractivity (Wildman–Crippen MR) is 56.0 cm³/mol. The van der Waals surface area contributed by atoms with Crippen molar-refractivity contribution >= 4 is 5.91 Å². The van der Waals surface area contributed by atoms with Crippen LogP contribution in [0.15, 0.2) is 30.3 Å². The lowest BCUT2D eigenvalue weighted by Gasteiger charge is -2.15. The molecule has 0 aromatic heterocycles. The SMILES string of the molecule is NOC1CCN(C(=O)c2ccccc2)C1. The van der Waals surface area contributed by atoms with Crippen LogP contribution in [-0.2, 0) is 4.84 Å². The van der Waals surface area contributed by atoms with Crippen LogP contribution in [0.3, 0.4) is 0 Å². The van der Waals surface area contributed by atoms with Crippen LogP contribution in [0.1, 0.15) is 16.8 Å². The molecule has 1 aromatic carbocycles. The standard InChI is InChI=1S/C11H14N2O2/c12-15-10-6-7-13(8-10)11(14)9-4-2-1-3-5-9/h1-5,10H,6-8,12H2. The Bertz CT molecular complexity index is 340. The van der Waals surface area contributed by atoms with Gasteiger partial charge in [-0.1, -0.05) is 18.2 Å². The number of hydrogen-bond acceptors (Lipinski definition) is 3. The van der Waals surface area contributed by atoms with Crippen molar-refractivity contribution in [2.24, 2.45) is 5.90 Å². The summed E-state index contributed by atoms with van der Waals surface area (Å²) >= 11 is 0. The molecule has 1 fully saturated rings. The van der Waals surface area contributed by atoms with E-state index in [1.165, 1.54) is 0 Å². The second kappa shape index (κ2) is 4.42. The molecular formula is C11H14N2O2. The fourth-order valence-corrected chi connectivity index (χ4v) is 1.79. The molecule has 1 saturated heterocycles. The molecule has 15 heavy (non-hydrogen) atoms. The van der Waals surface area contributed by atoms with Gasteiger partial charge in [0.2, 0.25) is 0 Å². The zero-order valence-corrected chi connectivity index (χ0v) is 8.43. The van der Waals surface area contributed by atoms with E-state index < -0.39 is 0 Å². The van der Waals surface area contributed by atoms with E-state index in [9.17, 15) is 4.79 Å².